The van der Waals surface area contributed by atoms with E-state index in [2.05, 4.69) is 60.2 Å². The molecule has 1 aliphatic carbocycles. The van der Waals surface area contributed by atoms with Crippen LogP contribution in [0, 0.1) is 29.6 Å². The zero-order valence-electron chi connectivity index (χ0n) is 58.6. The molecule has 5 N–H and O–H groups in total. The Morgan fingerprint density at radius 3 is 1.75 bits per heavy atom. The monoisotopic (exact) mass is 1260 g/mol. The van der Waals surface area contributed by atoms with E-state index in [-0.39, 0.29) is 65.4 Å². The van der Waals surface area contributed by atoms with E-state index in [0.29, 0.717) is 58.0 Å². The number of methoxy groups -OCH3 is 2. The molecule has 20 heteroatoms. The molecule has 7 unspecified atom stereocenters. The standard InChI is InChI=1S/C27H47N3O6.C19H39N3O2.C8H8O2.C6H6.C3H5NO3.3C2H6/c1-7-18(2)19(3)22(34-5)17-23(31)29-14-10-11-21(29)24(35-6)20(4)25(32)28-27(12-13-27)26(33)30-15-8-9-16-36-30;1-14(2)17(16(5)23)21-19(24)18(15(3)4)22(7)13-11-9-8-10-12-20-6;9-7-10-6-8-4-2-1-3-5-8;1-2-4-6-5-3-1;1-2(5)4-3(6)7;3*1-2/h18-22,24H,7-17H2,1-6H3,(H,28,32);14-15,17-18,20H,8-13H2,1-7H3,(H,21,24);1-5,7H,6H2;1-6H;1H3,(H,4,5)(H,6,7);3*1-2H3/t;17-,18?;;;;;;/m.0....../s1. The van der Waals surface area contributed by atoms with Crippen LogP contribution in [0.15, 0.2) is 66.7 Å². The molecular formula is C69H123N7O13. The zero-order valence-corrected chi connectivity index (χ0v) is 58.6. The Hall–Kier alpha value is -5.80. The Bertz CT molecular complexity index is 2120. The van der Waals surface area contributed by atoms with Crippen molar-refractivity contribution in [3.05, 3.63) is 72.3 Å². The highest BCUT2D eigenvalue weighted by molar-refractivity contribution is 5.94. The molecule has 20 nitrogen and oxygen atoms in total. The second kappa shape index (κ2) is 52.9. The maximum atomic E-state index is 13.4. The third-order valence-corrected chi connectivity index (χ3v) is 15.3. The number of imide groups is 1. The average molecular weight is 1260 g/mol. The Kier molecular flexibility index (Phi) is 52.0. The number of nitrogens with one attached hydrogen (secondary N) is 4. The van der Waals surface area contributed by atoms with E-state index in [9.17, 15) is 38.4 Å². The molecule has 2 saturated heterocycles. The Morgan fingerprint density at radius 2 is 1.33 bits per heavy atom. The van der Waals surface area contributed by atoms with Crippen LogP contribution in [0.3, 0.4) is 0 Å². The van der Waals surface area contributed by atoms with Crippen LogP contribution in [-0.4, -0.2) is 165 Å². The lowest BCUT2D eigenvalue weighted by Gasteiger charge is -2.36. The van der Waals surface area contributed by atoms with Crippen molar-refractivity contribution in [3.63, 3.8) is 0 Å². The summed E-state index contributed by atoms with van der Waals surface area (Å²) in [6, 6.07) is 20.8. The molecule has 5 rings (SSSR count). The summed E-state index contributed by atoms with van der Waals surface area (Å²) in [5.74, 6) is -0.375. The molecule has 2 aromatic rings. The fourth-order valence-corrected chi connectivity index (χ4v) is 10.0. The van der Waals surface area contributed by atoms with Crippen LogP contribution in [0.4, 0.5) is 4.79 Å². The molecule has 0 radical (unpaired) electrons. The van der Waals surface area contributed by atoms with E-state index >= 15 is 0 Å². The van der Waals surface area contributed by atoms with Gasteiger partial charge in [-0.05, 0) is 115 Å². The van der Waals surface area contributed by atoms with Crippen LogP contribution in [0.25, 0.3) is 0 Å². The van der Waals surface area contributed by atoms with Gasteiger partial charge >= 0.3 is 6.09 Å². The number of carbonyl (C=O) groups is 8. The van der Waals surface area contributed by atoms with Gasteiger partial charge in [0.2, 0.25) is 23.6 Å². The summed E-state index contributed by atoms with van der Waals surface area (Å²) in [7, 11) is 7.26. The molecule has 3 fully saturated rings. The molecule has 2 aliphatic heterocycles. The molecule has 3 aliphatic rings. The maximum absolute atomic E-state index is 13.4. The van der Waals surface area contributed by atoms with Gasteiger partial charge in [-0.1, -0.05) is 183 Å². The van der Waals surface area contributed by atoms with Crippen molar-refractivity contribution < 1.29 is 62.5 Å². The molecular weight excluding hydrogens is 1130 g/mol. The van der Waals surface area contributed by atoms with Gasteiger partial charge in [-0.2, -0.15) is 0 Å². The molecule has 0 spiro atoms. The lowest BCUT2D eigenvalue weighted by Crippen LogP contribution is -2.55. The molecule has 2 aromatic carbocycles. The van der Waals surface area contributed by atoms with E-state index in [0.717, 1.165) is 64.1 Å². The van der Waals surface area contributed by atoms with Gasteiger partial charge in [0.05, 0.1) is 49.3 Å². The second-order valence-corrected chi connectivity index (χ2v) is 22.6. The minimum atomic E-state index is -1.31. The predicted molar refractivity (Wildman–Crippen MR) is 356 cm³/mol. The molecule has 0 bridgehead atoms. The van der Waals surface area contributed by atoms with Gasteiger partial charge in [0.25, 0.3) is 12.4 Å². The first-order valence-electron chi connectivity index (χ1n) is 32.8. The summed E-state index contributed by atoms with van der Waals surface area (Å²) in [6.07, 6.45) is 8.86. The zero-order chi connectivity index (χ0) is 68.5. The summed E-state index contributed by atoms with van der Waals surface area (Å²) in [4.78, 5) is 103. The highest BCUT2D eigenvalue weighted by atomic mass is 16.7. The summed E-state index contributed by atoms with van der Waals surface area (Å²) < 4.78 is 16.1. The number of carbonyl (C=O) groups excluding carboxylic acids is 7. The normalized spacial score (nSPS) is 16.5. The number of likely N-dealkylation sites (N-methyl/N-ethyl adjacent to an activating group) is 1. The van der Waals surface area contributed by atoms with E-state index in [1.807, 2.05) is 148 Å². The number of ketones is 1. The summed E-state index contributed by atoms with van der Waals surface area (Å²) >= 11 is 0. The maximum Gasteiger partial charge on any atom is 0.411 e. The summed E-state index contributed by atoms with van der Waals surface area (Å²) in [5.41, 5.74) is 0.138. The minimum absolute atomic E-state index is 0.0213. The SMILES string of the molecule is CC.CC.CC.CC(=O)NC(=O)O.CCC(C)C(C)C(CC(=O)N1CCCC1C(OC)C(C)C(=O)NC1(C(=O)N2CCCCO2)CC1)OC.CNCCCCCCN(C)C(C(=O)N[C@H](C(C)=O)C(C)C)C(C)C.O=COCc1ccccc1.c1ccccc1. The van der Waals surface area contributed by atoms with Crippen molar-refractivity contribution in [1.82, 2.24) is 36.1 Å². The lowest BCUT2D eigenvalue weighted by atomic mass is 9.87. The first kappa shape index (κ1) is 87.4. The van der Waals surface area contributed by atoms with Crippen LogP contribution in [0.1, 0.15) is 193 Å². The first-order chi connectivity index (χ1) is 42.5. The van der Waals surface area contributed by atoms with Crippen molar-refractivity contribution in [3.8, 4) is 0 Å². The molecule has 0 aromatic heterocycles. The third-order valence-electron chi connectivity index (χ3n) is 15.3. The van der Waals surface area contributed by atoms with Gasteiger partial charge in [0.15, 0.2) is 5.78 Å². The predicted octanol–water partition coefficient (Wildman–Crippen LogP) is 11.3. The first-order valence-corrected chi connectivity index (χ1v) is 32.8. The van der Waals surface area contributed by atoms with Crippen LogP contribution in [0.5, 0.6) is 0 Å². The number of benzene rings is 2. The van der Waals surface area contributed by atoms with Crippen molar-refractivity contribution in [2.45, 2.75) is 230 Å². The van der Waals surface area contributed by atoms with Crippen molar-refractivity contribution in [2.24, 2.45) is 29.6 Å². The number of nitrogens with zero attached hydrogens (tertiary/aromatic N) is 3. The number of hydroxylamine groups is 2. The number of hydrogen-bond acceptors (Lipinski definition) is 14. The van der Waals surface area contributed by atoms with Gasteiger partial charge in [0.1, 0.15) is 12.1 Å². The molecule has 8 atom stereocenters. The van der Waals surface area contributed by atoms with Crippen LogP contribution < -0.4 is 21.3 Å². The third kappa shape index (κ3) is 36.6. The highest BCUT2D eigenvalue weighted by Gasteiger charge is 2.55. The van der Waals surface area contributed by atoms with Gasteiger partial charge in [-0.15, -0.1) is 0 Å². The van der Waals surface area contributed by atoms with E-state index in [4.69, 9.17) is 19.4 Å². The second-order valence-electron chi connectivity index (χ2n) is 22.6. The van der Waals surface area contributed by atoms with Crippen LogP contribution in [0.2, 0.25) is 0 Å². The lowest BCUT2D eigenvalue weighted by molar-refractivity contribution is -0.200. The number of unbranched alkanes of at least 4 members (excludes halogenated alkanes) is 3. The summed E-state index contributed by atoms with van der Waals surface area (Å²) in [6.45, 7) is 35.6. The molecule has 89 heavy (non-hydrogen) atoms. The Balaban J connectivity index is -0.00000118. The molecule has 2 heterocycles. The molecule has 512 valence electrons. The Labute approximate surface area is 537 Å². The quantitative estimate of drug-likeness (QED) is 0.0392. The average Bonchev–Trinajstić information content (AvgIpc) is 1.65. The van der Waals surface area contributed by atoms with Crippen molar-refractivity contribution >= 4 is 47.9 Å². The Morgan fingerprint density at radius 1 is 0.764 bits per heavy atom. The highest BCUT2D eigenvalue weighted by Crippen LogP contribution is 2.39. The minimum Gasteiger partial charge on any atom is -0.465 e. The van der Waals surface area contributed by atoms with E-state index in [1.165, 1.54) is 24.3 Å². The van der Waals surface area contributed by atoms with Gasteiger partial charge in [-0.25, -0.2) is 9.86 Å². The van der Waals surface area contributed by atoms with E-state index < -0.39 is 35.6 Å². The van der Waals surface area contributed by atoms with Crippen LogP contribution >= 0.6 is 0 Å². The topological polar surface area (TPSA) is 252 Å². The number of likely N-dealkylation sites (tertiary alicyclic amines) is 1. The fourth-order valence-electron chi connectivity index (χ4n) is 10.0. The number of Topliss-reactive ketones (excluding diaryl/α,β-unsaturated/α-hetero) is 1. The summed E-state index contributed by atoms with van der Waals surface area (Å²) in [5, 5.41) is 19.9. The number of amides is 6. The largest absolute Gasteiger partial charge is 0.465 e. The number of carboxylic acid groups (broad SMARTS) is 1. The number of hydrogen-bond donors (Lipinski definition) is 5. The van der Waals surface area contributed by atoms with Crippen molar-refractivity contribution in [1.29, 1.82) is 0 Å². The number of rotatable bonds is 28. The van der Waals surface area contributed by atoms with Crippen molar-refractivity contribution in [2.75, 3.05) is 61.1 Å². The van der Waals surface area contributed by atoms with E-state index in [1.54, 1.807) is 26.5 Å². The van der Waals surface area contributed by atoms with Gasteiger partial charge < -0.3 is 40.2 Å². The molecule has 6 amide bonds. The van der Waals surface area contributed by atoms with Gasteiger partial charge in [-0.3, -0.25) is 48.6 Å². The van der Waals surface area contributed by atoms with Crippen LogP contribution in [-0.2, 0) is 59.2 Å². The molecule has 1 saturated carbocycles. The van der Waals surface area contributed by atoms with Gasteiger partial charge in [0, 0.05) is 34.2 Å². The smallest absolute Gasteiger partial charge is 0.411 e. The number of ether oxygens (including phenoxy) is 3. The fraction of sp³-hybridized carbons (Fsp3) is 0.710.